The van der Waals surface area contributed by atoms with Crippen molar-refractivity contribution in [3.8, 4) is 0 Å². The lowest BCUT2D eigenvalue weighted by atomic mass is 10.2. The molecule has 0 radical (unpaired) electrons. The first-order valence-corrected chi connectivity index (χ1v) is 7.28. The van der Waals surface area contributed by atoms with Gasteiger partial charge in [0.25, 0.3) is 0 Å². The summed E-state index contributed by atoms with van der Waals surface area (Å²) in [5.41, 5.74) is -2.85. The molecule has 0 fully saturated rings. The predicted molar refractivity (Wildman–Crippen MR) is 80.2 cm³/mol. The molecule has 0 unspecified atom stereocenters. The first kappa shape index (κ1) is 20.7. The number of halogens is 4. The highest BCUT2D eigenvalue weighted by Gasteiger charge is 2.39. The van der Waals surface area contributed by atoms with E-state index >= 15 is 0 Å². The van der Waals surface area contributed by atoms with Gasteiger partial charge in [-0.2, -0.15) is 18.1 Å². The summed E-state index contributed by atoms with van der Waals surface area (Å²) in [5.74, 6) is -1.18. The van der Waals surface area contributed by atoms with Gasteiger partial charge in [0.2, 0.25) is 0 Å². The third-order valence-corrected chi connectivity index (χ3v) is 3.29. The normalized spacial score (nSPS) is 10.8. The van der Waals surface area contributed by atoms with E-state index in [1.54, 1.807) is 0 Å². The molecule has 0 aromatic carbocycles. The number of esters is 1. The number of alkyl halides is 3. The predicted octanol–water partition coefficient (Wildman–Crippen LogP) is 3.38. The molecule has 12 heteroatoms. The average molecular weight is 429 g/mol. The molecule has 0 aliphatic rings. The van der Waals surface area contributed by atoms with Gasteiger partial charge in [0.15, 0.2) is 5.69 Å². The summed E-state index contributed by atoms with van der Waals surface area (Å²) in [6, 6.07) is 0.386. The zero-order chi connectivity index (χ0) is 19.4. The zero-order valence-corrected chi connectivity index (χ0v) is 14.7. The molecule has 2 amide bonds. The van der Waals surface area contributed by atoms with Crippen LogP contribution in [0.5, 0.6) is 0 Å². The molecule has 0 spiro atoms. The molecule has 0 N–H and O–H groups in total. The molecule has 1 heterocycles. The van der Waals surface area contributed by atoms with E-state index in [-0.39, 0.29) is 11.5 Å². The number of imide groups is 1. The topological polar surface area (TPSA) is 95.0 Å². The van der Waals surface area contributed by atoms with Crippen molar-refractivity contribution < 1.29 is 41.8 Å². The molecule has 0 aliphatic heterocycles. The Morgan fingerprint density at radius 3 is 2.24 bits per heavy atom. The number of carbonyl (C=O) groups excluding carboxylic acids is 3. The first-order valence-electron chi connectivity index (χ1n) is 6.49. The maximum Gasteiger partial charge on any atom is 0.424 e. The van der Waals surface area contributed by atoms with Crippen molar-refractivity contribution in [2.24, 2.45) is 0 Å². The number of hydrogen-bond acceptors (Lipinski definition) is 7. The molecular formula is C13H12BrF3N2O6. The maximum absolute atomic E-state index is 13.1. The van der Waals surface area contributed by atoms with Gasteiger partial charge in [-0.1, -0.05) is 0 Å². The quantitative estimate of drug-likeness (QED) is 0.413. The third kappa shape index (κ3) is 4.59. The first-order chi connectivity index (χ1) is 11.6. The highest BCUT2D eigenvalue weighted by atomic mass is 79.9. The van der Waals surface area contributed by atoms with Crippen LogP contribution in [-0.4, -0.2) is 44.0 Å². The van der Waals surface area contributed by atoms with Crippen LogP contribution in [-0.2, 0) is 20.4 Å². The SMILES string of the molecule is CCOC(=O)N(C(=O)OC)c1cc(C(F)(F)F)c(Br)nc1C(=O)OC. The van der Waals surface area contributed by atoms with Gasteiger partial charge >= 0.3 is 24.3 Å². The Bertz CT molecular complexity index is 695. The molecular weight excluding hydrogens is 417 g/mol. The lowest BCUT2D eigenvalue weighted by Crippen LogP contribution is -2.39. The van der Waals surface area contributed by atoms with E-state index in [1.807, 2.05) is 0 Å². The van der Waals surface area contributed by atoms with E-state index in [0.29, 0.717) is 6.07 Å². The van der Waals surface area contributed by atoms with Crippen LogP contribution >= 0.6 is 15.9 Å². The van der Waals surface area contributed by atoms with E-state index in [4.69, 9.17) is 0 Å². The summed E-state index contributed by atoms with van der Waals surface area (Å²) in [4.78, 5) is 39.2. The number of aromatic nitrogens is 1. The van der Waals surface area contributed by atoms with Gasteiger partial charge in [0, 0.05) is 0 Å². The van der Waals surface area contributed by atoms with Crippen LogP contribution < -0.4 is 4.90 Å². The Balaban J connectivity index is 3.73. The fraction of sp³-hybridized carbons (Fsp3) is 0.385. The summed E-state index contributed by atoms with van der Waals surface area (Å²) in [7, 11) is 1.84. The molecule has 0 saturated carbocycles. The Labute approximate surface area is 148 Å². The van der Waals surface area contributed by atoms with E-state index in [0.717, 1.165) is 14.2 Å². The minimum Gasteiger partial charge on any atom is -0.464 e. The van der Waals surface area contributed by atoms with Gasteiger partial charge in [-0.15, -0.1) is 0 Å². The van der Waals surface area contributed by atoms with Gasteiger partial charge in [-0.05, 0) is 28.9 Å². The largest absolute Gasteiger partial charge is 0.464 e. The van der Waals surface area contributed by atoms with Crippen LogP contribution in [0.3, 0.4) is 0 Å². The van der Waals surface area contributed by atoms with Gasteiger partial charge in [0.05, 0.1) is 32.1 Å². The number of methoxy groups -OCH3 is 2. The van der Waals surface area contributed by atoms with Gasteiger partial charge in [-0.25, -0.2) is 19.4 Å². The number of amides is 2. The minimum absolute atomic E-state index is 0.116. The van der Waals surface area contributed by atoms with E-state index in [9.17, 15) is 27.6 Å². The summed E-state index contributed by atoms with van der Waals surface area (Å²) in [5, 5.41) is 0. The highest BCUT2D eigenvalue weighted by Crippen LogP contribution is 2.37. The van der Waals surface area contributed by atoms with Crippen molar-refractivity contribution in [2.45, 2.75) is 13.1 Å². The molecule has 1 aromatic rings. The summed E-state index contributed by atoms with van der Waals surface area (Å²) in [6.07, 6.45) is -7.61. The van der Waals surface area contributed by atoms with Crippen molar-refractivity contribution in [2.75, 3.05) is 25.7 Å². The van der Waals surface area contributed by atoms with Crippen LogP contribution in [0, 0.1) is 0 Å². The second kappa shape index (κ2) is 8.14. The highest BCUT2D eigenvalue weighted by molar-refractivity contribution is 9.10. The summed E-state index contributed by atoms with van der Waals surface area (Å²) < 4.78 is 52.0. The lowest BCUT2D eigenvalue weighted by molar-refractivity contribution is -0.138. The monoisotopic (exact) mass is 428 g/mol. The minimum atomic E-state index is -4.88. The Hall–Kier alpha value is -2.37. The molecule has 25 heavy (non-hydrogen) atoms. The Morgan fingerprint density at radius 2 is 1.80 bits per heavy atom. The van der Waals surface area contributed by atoms with Crippen LogP contribution in [0.4, 0.5) is 28.4 Å². The average Bonchev–Trinajstić information content (AvgIpc) is 2.54. The number of carbonyl (C=O) groups is 3. The van der Waals surface area contributed by atoms with Gasteiger partial charge < -0.3 is 14.2 Å². The molecule has 1 aromatic heterocycles. The molecule has 0 bridgehead atoms. The number of pyridine rings is 1. The molecule has 8 nitrogen and oxygen atoms in total. The molecule has 1 rings (SSSR count). The van der Waals surface area contributed by atoms with Gasteiger partial charge in [-0.3, -0.25) is 0 Å². The second-order valence-corrected chi connectivity index (χ2v) is 4.94. The van der Waals surface area contributed by atoms with Crippen molar-refractivity contribution in [1.29, 1.82) is 0 Å². The standard InChI is InChI=1S/C13H12BrF3N2O6/c1-4-25-12(22)19(11(21)24-3)7-5-6(13(15,16)17)9(14)18-8(7)10(20)23-2/h5H,4H2,1-3H3. The van der Waals surface area contributed by atoms with Crippen molar-refractivity contribution >= 4 is 39.8 Å². The second-order valence-electron chi connectivity index (χ2n) is 4.19. The molecule has 0 aliphatic carbocycles. The maximum atomic E-state index is 13.1. The van der Waals surface area contributed by atoms with Crippen molar-refractivity contribution in [1.82, 2.24) is 4.98 Å². The lowest BCUT2D eigenvalue weighted by Gasteiger charge is -2.21. The van der Waals surface area contributed by atoms with Crippen molar-refractivity contribution in [3.05, 3.63) is 21.9 Å². The number of ether oxygens (including phenoxy) is 3. The van der Waals surface area contributed by atoms with Crippen LogP contribution in [0.15, 0.2) is 10.7 Å². The number of anilines is 1. The van der Waals surface area contributed by atoms with Crippen molar-refractivity contribution in [3.63, 3.8) is 0 Å². The smallest absolute Gasteiger partial charge is 0.424 e. The van der Waals surface area contributed by atoms with Crippen LogP contribution in [0.2, 0.25) is 0 Å². The number of nitrogens with zero attached hydrogens (tertiary/aromatic N) is 2. The molecule has 138 valence electrons. The number of rotatable bonds is 3. The van der Waals surface area contributed by atoms with Gasteiger partial charge in [0.1, 0.15) is 4.60 Å². The number of hydrogen-bond donors (Lipinski definition) is 0. The van der Waals surface area contributed by atoms with Crippen LogP contribution in [0.1, 0.15) is 23.0 Å². The molecule has 0 saturated heterocycles. The fourth-order valence-electron chi connectivity index (χ4n) is 1.65. The van der Waals surface area contributed by atoms with E-state index < -0.39 is 45.9 Å². The van der Waals surface area contributed by atoms with E-state index in [2.05, 4.69) is 35.1 Å². The fourth-order valence-corrected chi connectivity index (χ4v) is 2.16. The summed E-state index contributed by atoms with van der Waals surface area (Å²) in [6.45, 7) is 1.23. The Kier molecular flexibility index (Phi) is 6.73. The van der Waals surface area contributed by atoms with Crippen LogP contribution in [0.25, 0.3) is 0 Å². The van der Waals surface area contributed by atoms with E-state index in [1.165, 1.54) is 6.92 Å². The molecule has 0 atom stereocenters. The Morgan fingerprint density at radius 1 is 1.20 bits per heavy atom. The zero-order valence-electron chi connectivity index (χ0n) is 13.1. The summed E-state index contributed by atoms with van der Waals surface area (Å²) >= 11 is 2.60. The third-order valence-electron chi connectivity index (χ3n) is 2.69.